The topological polar surface area (TPSA) is 77.8 Å². The van der Waals surface area contributed by atoms with Crippen molar-refractivity contribution >= 4 is 23.3 Å². The monoisotopic (exact) mass is 400 g/mol. The van der Waals surface area contributed by atoms with Gasteiger partial charge >= 0.3 is 0 Å². The molecule has 0 aliphatic carbocycles. The van der Waals surface area contributed by atoms with E-state index in [0.717, 1.165) is 23.6 Å². The molecule has 0 saturated heterocycles. The Morgan fingerprint density at radius 3 is 2.86 bits per heavy atom. The summed E-state index contributed by atoms with van der Waals surface area (Å²) in [6, 6.07) is 10.6. The largest absolute Gasteiger partial charge is 0.493 e. The number of rotatable bonds is 9. The lowest BCUT2D eigenvalue weighted by atomic mass is 10.1. The molecule has 2 heterocycles. The van der Waals surface area contributed by atoms with Crippen molar-refractivity contribution in [1.82, 2.24) is 19.9 Å². The summed E-state index contributed by atoms with van der Waals surface area (Å²) in [5.41, 5.74) is 1.26. The van der Waals surface area contributed by atoms with Crippen LogP contribution in [-0.4, -0.2) is 46.2 Å². The number of nitrogens with one attached hydrogen (secondary N) is 1. The van der Waals surface area contributed by atoms with Gasteiger partial charge in [-0.05, 0) is 55.7 Å². The number of pyridine rings is 1. The van der Waals surface area contributed by atoms with E-state index in [0.29, 0.717) is 23.7 Å². The number of aromatic nitrogens is 3. The molecule has 1 N–H and O–H groups in total. The molecule has 0 aliphatic heterocycles. The average Bonchev–Trinajstić information content (AvgIpc) is 3.15. The molecule has 0 aliphatic rings. The Morgan fingerprint density at radius 1 is 1.25 bits per heavy atom. The normalized spacial score (nSPS) is 12.0. The van der Waals surface area contributed by atoms with Crippen LogP contribution >= 0.6 is 11.8 Å². The van der Waals surface area contributed by atoms with E-state index in [9.17, 15) is 4.79 Å². The Balaban J connectivity index is 1.85. The summed E-state index contributed by atoms with van der Waals surface area (Å²) < 4.78 is 12.8. The number of methoxy groups -OCH3 is 1. The molecule has 8 heteroatoms. The molecule has 0 bridgehead atoms. The maximum absolute atomic E-state index is 12.9. The molecule has 28 heavy (non-hydrogen) atoms. The van der Waals surface area contributed by atoms with Crippen LogP contribution in [0.5, 0.6) is 11.5 Å². The smallest absolute Gasteiger partial charge is 0.252 e. The number of thioether (sulfide) groups is 1. The first kappa shape index (κ1) is 20.0. The lowest BCUT2D eigenvalue weighted by Crippen LogP contribution is -2.30. The summed E-state index contributed by atoms with van der Waals surface area (Å²) in [6.45, 7) is 2.43. The SMILES string of the molecule is CCOc1ccc(C(=O)NC(CCSC)c2nnc3ccccn23)cc1OC. The molecular weight excluding hydrogens is 376 g/mol. The van der Waals surface area contributed by atoms with E-state index in [4.69, 9.17) is 9.47 Å². The number of hydrogen-bond donors (Lipinski definition) is 1. The van der Waals surface area contributed by atoms with Crippen molar-refractivity contribution in [1.29, 1.82) is 0 Å². The van der Waals surface area contributed by atoms with Gasteiger partial charge in [-0.25, -0.2) is 0 Å². The fourth-order valence-corrected chi connectivity index (χ4v) is 3.40. The minimum absolute atomic E-state index is 0.194. The Bertz CT molecular complexity index is 944. The van der Waals surface area contributed by atoms with Crippen molar-refractivity contribution in [3.05, 3.63) is 54.0 Å². The highest BCUT2D eigenvalue weighted by Crippen LogP contribution is 2.28. The molecule has 1 atom stereocenters. The maximum atomic E-state index is 12.9. The Kier molecular flexibility index (Phi) is 6.76. The number of ether oxygens (including phenoxy) is 2. The summed E-state index contributed by atoms with van der Waals surface area (Å²) in [5, 5.41) is 11.6. The molecule has 0 fully saturated rings. The predicted molar refractivity (Wildman–Crippen MR) is 110 cm³/mol. The van der Waals surface area contributed by atoms with Crippen LogP contribution in [0, 0.1) is 0 Å². The molecule has 2 aromatic heterocycles. The molecule has 7 nitrogen and oxygen atoms in total. The second-order valence-corrected chi connectivity index (χ2v) is 7.08. The van der Waals surface area contributed by atoms with E-state index >= 15 is 0 Å². The van der Waals surface area contributed by atoms with E-state index in [-0.39, 0.29) is 11.9 Å². The molecule has 0 spiro atoms. The molecule has 0 saturated carbocycles. The Hall–Kier alpha value is -2.74. The molecule has 3 rings (SSSR count). The number of benzene rings is 1. The summed E-state index contributed by atoms with van der Waals surface area (Å²) in [4.78, 5) is 12.9. The number of carbonyl (C=O) groups excluding carboxylic acids is 1. The minimum atomic E-state index is -0.255. The van der Waals surface area contributed by atoms with Crippen molar-refractivity contribution in [2.24, 2.45) is 0 Å². The quantitative estimate of drug-likeness (QED) is 0.593. The molecule has 1 unspecified atom stereocenters. The lowest BCUT2D eigenvalue weighted by Gasteiger charge is -2.18. The first-order valence-corrected chi connectivity index (χ1v) is 10.5. The second kappa shape index (κ2) is 9.45. The van der Waals surface area contributed by atoms with Gasteiger partial charge in [0, 0.05) is 11.8 Å². The Labute approximate surface area is 168 Å². The zero-order valence-corrected chi connectivity index (χ0v) is 17.0. The van der Waals surface area contributed by atoms with Crippen molar-refractivity contribution in [3.8, 4) is 11.5 Å². The molecule has 0 radical (unpaired) electrons. The van der Waals surface area contributed by atoms with Crippen LogP contribution in [0.3, 0.4) is 0 Å². The summed E-state index contributed by atoms with van der Waals surface area (Å²) in [5.74, 6) is 2.56. The maximum Gasteiger partial charge on any atom is 0.252 e. The van der Waals surface area contributed by atoms with Gasteiger partial charge in [-0.2, -0.15) is 11.8 Å². The first-order valence-electron chi connectivity index (χ1n) is 9.08. The van der Waals surface area contributed by atoms with Crippen LogP contribution in [0.15, 0.2) is 42.6 Å². The zero-order chi connectivity index (χ0) is 19.9. The molecule has 1 aromatic carbocycles. The van der Waals surface area contributed by atoms with Gasteiger partial charge in [-0.3, -0.25) is 9.20 Å². The van der Waals surface area contributed by atoms with Crippen molar-refractivity contribution < 1.29 is 14.3 Å². The lowest BCUT2D eigenvalue weighted by molar-refractivity contribution is 0.0933. The number of hydrogen-bond acceptors (Lipinski definition) is 6. The first-order chi connectivity index (χ1) is 13.7. The number of fused-ring (bicyclic) bond motifs is 1. The third-order valence-electron chi connectivity index (χ3n) is 4.29. The summed E-state index contributed by atoms with van der Waals surface area (Å²) in [6.07, 6.45) is 4.69. The zero-order valence-electron chi connectivity index (χ0n) is 16.2. The van der Waals surface area contributed by atoms with E-state index in [2.05, 4.69) is 15.5 Å². The van der Waals surface area contributed by atoms with E-state index in [1.165, 1.54) is 0 Å². The highest BCUT2D eigenvalue weighted by atomic mass is 32.2. The Morgan fingerprint density at radius 2 is 2.11 bits per heavy atom. The third-order valence-corrected chi connectivity index (χ3v) is 4.94. The van der Waals surface area contributed by atoms with Gasteiger partial charge in [-0.1, -0.05) is 6.07 Å². The van der Waals surface area contributed by atoms with Crippen molar-refractivity contribution in [2.45, 2.75) is 19.4 Å². The predicted octanol–water partition coefficient (Wildman–Crippen LogP) is 3.36. The van der Waals surface area contributed by atoms with Crippen LogP contribution in [-0.2, 0) is 0 Å². The number of nitrogens with zero attached hydrogens (tertiary/aromatic N) is 3. The van der Waals surface area contributed by atoms with Crippen LogP contribution < -0.4 is 14.8 Å². The average molecular weight is 401 g/mol. The fourth-order valence-electron chi connectivity index (χ4n) is 2.92. The minimum Gasteiger partial charge on any atom is -0.493 e. The second-order valence-electron chi connectivity index (χ2n) is 6.09. The highest BCUT2D eigenvalue weighted by molar-refractivity contribution is 7.98. The van der Waals surface area contributed by atoms with E-state index in [1.54, 1.807) is 37.1 Å². The molecule has 3 aromatic rings. The van der Waals surface area contributed by atoms with Gasteiger partial charge in [0.1, 0.15) is 0 Å². The molecule has 1 amide bonds. The van der Waals surface area contributed by atoms with Crippen molar-refractivity contribution in [2.75, 3.05) is 25.7 Å². The highest BCUT2D eigenvalue weighted by Gasteiger charge is 2.21. The van der Waals surface area contributed by atoms with Crippen LogP contribution in [0.4, 0.5) is 0 Å². The van der Waals surface area contributed by atoms with Crippen LogP contribution in [0.25, 0.3) is 5.65 Å². The van der Waals surface area contributed by atoms with Crippen LogP contribution in [0.2, 0.25) is 0 Å². The van der Waals surface area contributed by atoms with Gasteiger partial charge in [0.25, 0.3) is 5.91 Å². The number of amides is 1. The van der Waals surface area contributed by atoms with Gasteiger partial charge in [0.15, 0.2) is 23.0 Å². The van der Waals surface area contributed by atoms with Crippen LogP contribution in [0.1, 0.15) is 35.6 Å². The van der Waals surface area contributed by atoms with Gasteiger partial charge in [-0.15, -0.1) is 10.2 Å². The molecule has 148 valence electrons. The number of carbonyl (C=O) groups is 1. The molecular formula is C20H24N4O3S. The fraction of sp³-hybridized carbons (Fsp3) is 0.350. The van der Waals surface area contributed by atoms with Crippen molar-refractivity contribution in [3.63, 3.8) is 0 Å². The third kappa shape index (κ3) is 4.39. The van der Waals surface area contributed by atoms with Gasteiger partial charge in [0.05, 0.1) is 19.8 Å². The summed E-state index contributed by atoms with van der Waals surface area (Å²) >= 11 is 1.72. The van der Waals surface area contributed by atoms with E-state index in [1.807, 2.05) is 42.0 Å². The van der Waals surface area contributed by atoms with Gasteiger partial charge < -0.3 is 14.8 Å². The summed E-state index contributed by atoms with van der Waals surface area (Å²) in [7, 11) is 1.56. The standard InChI is InChI=1S/C20H24N4O3S/c1-4-27-16-9-8-14(13-17(16)26-2)20(25)21-15(10-12-28-3)19-23-22-18-7-5-6-11-24(18)19/h5-9,11,13,15H,4,10,12H2,1-3H3,(H,21,25). The van der Waals surface area contributed by atoms with E-state index < -0.39 is 0 Å². The van der Waals surface area contributed by atoms with Gasteiger partial charge in [0.2, 0.25) is 0 Å².